The van der Waals surface area contributed by atoms with E-state index in [1.165, 1.54) is 25.7 Å². The number of hydrogen-bond acceptors (Lipinski definition) is 2. The van der Waals surface area contributed by atoms with Gasteiger partial charge < -0.3 is 10.2 Å². The van der Waals surface area contributed by atoms with E-state index in [-0.39, 0.29) is 0 Å². The SMILES string of the molecule is CC1CCCC(CNCC(C)(C)C)(N(C)C)C1. The molecule has 1 aliphatic carbocycles. The molecular formula is C15H32N2. The minimum Gasteiger partial charge on any atom is -0.314 e. The Bertz CT molecular complexity index is 230. The van der Waals surface area contributed by atoms with Crippen LogP contribution in [-0.2, 0) is 0 Å². The first-order valence-electron chi connectivity index (χ1n) is 7.13. The normalized spacial score (nSPS) is 30.9. The predicted molar refractivity (Wildman–Crippen MR) is 76.4 cm³/mol. The lowest BCUT2D eigenvalue weighted by atomic mass is 9.75. The molecule has 2 heteroatoms. The minimum atomic E-state index is 0.383. The van der Waals surface area contributed by atoms with Crippen molar-refractivity contribution in [1.29, 1.82) is 0 Å². The highest BCUT2D eigenvalue weighted by Crippen LogP contribution is 2.35. The van der Waals surface area contributed by atoms with Crippen molar-refractivity contribution in [1.82, 2.24) is 10.2 Å². The number of nitrogens with one attached hydrogen (secondary N) is 1. The van der Waals surface area contributed by atoms with Gasteiger partial charge in [-0.1, -0.05) is 40.5 Å². The molecule has 17 heavy (non-hydrogen) atoms. The quantitative estimate of drug-likeness (QED) is 0.812. The Morgan fingerprint density at radius 1 is 1.29 bits per heavy atom. The lowest BCUT2D eigenvalue weighted by Gasteiger charge is -2.46. The zero-order valence-electron chi connectivity index (χ0n) is 12.8. The van der Waals surface area contributed by atoms with Crippen molar-refractivity contribution < 1.29 is 0 Å². The van der Waals surface area contributed by atoms with Gasteiger partial charge in [-0.3, -0.25) is 0 Å². The van der Waals surface area contributed by atoms with E-state index in [1.54, 1.807) is 0 Å². The molecule has 0 amide bonds. The number of likely N-dealkylation sites (N-methyl/N-ethyl adjacent to an activating group) is 1. The molecule has 0 saturated heterocycles. The summed E-state index contributed by atoms with van der Waals surface area (Å²) >= 11 is 0. The van der Waals surface area contributed by atoms with Gasteiger partial charge >= 0.3 is 0 Å². The molecule has 1 rings (SSSR count). The largest absolute Gasteiger partial charge is 0.314 e. The van der Waals surface area contributed by atoms with Crippen molar-refractivity contribution in [3.63, 3.8) is 0 Å². The second kappa shape index (κ2) is 5.71. The van der Waals surface area contributed by atoms with E-state index >= 15 is 0 Å². The zero-order chi connectivity index (χ0) is 13.1. The van der Waals surface area contributed by atoms with Gasteiger partial charge in [0.25, 0.3) is 0 Å². The fourth-order valence-corrected chi connectivity index (χ4v) is 3.03. The van der Waals surface area contributed by atoms with Crippen LogP contribution in [-0.4, -0.2) is 37.6 Å². The number of hydrogen-bond donors (Lipinski definition) is 1. The highest BCUT2D eigenvalue weighted by atomic mass is 15.2. The average Bonchev–Trinajstić information content (AvgIpc) is 2.15. The Morgan fingerprint density at radius 3 is 2.41 bits per heavy atom. The van der Waals surface area contributed by atoms with Crippen LogP contribution in [0.15, 0.2) is 0 Å². The molecule has 0 aromatic carbocycles. The van der Waals surface area contributed by atoms with E-state index in [1.807, 2.05) is 0 Å². The summed E-state index contributed by atoms with van der Waals surface area (Å²) < 4.78 is 0. The maximum absolute atomic E-state index is 3.70. The second-order valence-corrected chi connectivity index (χ2v) is 7.48. The monoisotopic (exact) mass is 240 g/mol. The van der Waals surface area contributed by atoms with Crippen LogP contribution in [0.3, 0.4) is 0 Å². The van der Waals surface area contributed by atoms with Gasteiger partial charge in [0.2, 0.25) is 0 Å². The molecule has 102 valence electrons. The fraction of sp³-hybridized carbons (Fsp3) is 1.00. The van der Waals surface area contributed by atoms with Gasteiger partial charge in [-0.25, -0.2) is 0 Å². The van der Waals surface area contributed by atoms with E-state index in [9.17, 15) is 0 Å². The van der Waals surface area contributed by atoms with Gasteiger partial charge in [-0.05, 0) is 38.3 Å². The summed E-state index contributed by atoms with van der Waals surface area (Å²) in [5, 5.41) is 3.70. The summed E-state index contributed by atoms with van der Waals surface area (Å²) in [6.07, 6.45) is 5.49. The van der Waals surface area contributed by atoms with Crippen molar-refractivity contribution in [2.45, 2.75) is 58.9 Å². The van der Waals surface area contributed by atoms with Crippen molar-refractivity contribution in [2.24, 2.45) is 11.3 Å². The Kier molecular flexibility index (Phi) is 5.03. The average molecular weight is 240 g/mol. The smallest absolute Gasteiger partial charge is 0.0330 e. The lowest BCUT2D eigenvalue weighted by molar-refractivity contribution is 0.0731. The van der Waals surface area contributed by atoms with Crippen molar-refractivity contribution in [2.75, 3.05) is 27.2 Å². The molecule has 0 aromatic rings. The van der Waals surface area contributed by atoms with Crippen LogP contribution in [0.4, 0.5) is 0 Å². The lowest BCUT2D eigenvalue weighted by Crippen LogP contribution is -2.54. The summed E-state index contributed by atoms with van der Waals surface area (Å²) in [6, 6.07) is 0. The van der Waals surface area contributed by atoms with Crippen molar-refractivity contribution in [3.8, 4) is 0 Å². The topological polar surface area (TPSA) is 15.3 Å². The third-order valence-electron chi connectivity index (χ3n) is 4.13. The first kappa shape index (κ1) is 15.0. The van der Waals surface area contributed by atoms with Crippen LogP contribution in [0.5, 0.6) is 0 Å². The molecule has 0 radical (unpaired) electrons. The van der Waals surface area contributed by atoms with Crippen LogP contribution in [0.25, 0.3) is 0 Å². The molecular weight excluding hydrogens is 208 g/mol. The zero-order valence-corrected chi connectivity index (χ0v) is 12.8. The summed E-state index contributed by atoms with van der Waals surface area (Å²) in [6.45, 7) is 11.5. The molecule has 2 unspecified atom stereocenters. The molecule has 0 aliphatic heterocycles. The summed E-state index contributed by atoms with van der Waals surface area (Å²) in [4.78, 5) is 2.46. The first-order chi connectivity index (χ1) is 7.75. The van der Waals surface area contributed by atoms with Crippen LogP contribution in [0, 0.1) is 11.3 Å². The Hall–Kier alpha value is -0.0800. The molecule has 1 aliphatic rings. The van der Waals surface area contributed by atoms with Gasteiger partial charge in [-0.2, -0.15) is 0 Å². The highest BCUT2D eigenvalue weighted by Gasteiger charge is 2.36. The molecule has 0 aromatic heterocycles. The van der Waals surface area contributed by atoms with Crippen LogP contribution in [0.2, 0.25) is 0 Å². The van der Waals surface area contributed by atoms with E-state index < -0.39 is 0 Å². The third-order valence-corrected chi connectivity index (χ3v) is 4.13. The molecule has 2 nitrogen and oxygen atoms in total. The molecule has 2 atom stereocenters. The summed E-state index contributed by atoms with van der Waals surface area (Å²) in [5.41, 5.74) is 0.775. The van der Waals surface area contributed by atoms with Gasteiger partial charge in [-0.15, -0.1) is 0 Å². The van der Waals surface area contributed by atoms with Crippen molar-refractivity contribution in [3.05, 3.63) is 0 Å². The fourth-order valence-electron chi connectivity index (χ4n) is 3.03. The minimum absolute atomic E-state index is 0.383. The molecule has 1 fully saturated rings. The number of rotatable bonds is 4. The van der Waals surface area contributed by atoms with E-state index in [0.717, 1.165) is 19.0 Å². The van der Waals surface area contributed by atoms with Crippen LogP contribution < -0.4 is 5.32 Å². The summed E-state index contributed by atoms with van der Waals surface area (Å²) in [7, 11) is 4.49. The molecule has 1 saturated carbocycles. The van der Waals surface area contributed by atoms with Gasteiger partial charge in [0.05, 0.1) is 0 Å². The number of nitrogens with zero attached hydrogens (tertiary/aromatic N) is 1. The standard InChI is InChI=1S/C15H32N2/c1-13-8-7-9-15(10-13,17(5)6)12-16-11-14(2,3)4/h13,16H,7-12H2,1-6H3. The van der Waals surface area contributed by atoms with Gasteiger partial charge in [0.15, 0.2) is 0 Å². The predicted octanol–water partition coefficient (Wildman–Crippen LogP) is 3.13. The molecule has 0 spiro atoms. The molecule has 1 N–H and O–H groups in total. The Balaban J connectivity index is 2.54. The van der Waals surface area contributed by atoms with E-state index in [2.05, 4.69) is 52.0 Å². The second-order valence-electron chi connectivity index (χ2n) is 7.48. The summed E-state index contributed by atoms with van der Waals surface area (Å²) in [5.74, 6) is 0.877. The molecule has 0 heterocycles. The van der Waals surface area contributed by atoms with E-state index in [4.69, 9.17) is 0 Å². The van der Waals surface area contributed by atoms with Gasteiger partial charge in [0.1, 0.15) is 0 Å². The van der Waals surface area contributed by atoms with Gasteiger partial charge in [0, 0.05) is 18.6 Å². The maximum atomic E-state index is 3.70. The Labute approximate surface area is 108 Å². The van der Waals surface area contributed by atoms with E-state index in [0.29, 0.717) is 11.0 Å². The Morgan fingerprint density at radius 2 is 1.94 bits per heavy atom. The van der Waals surface area contributed by atoms with Crippen LogP contribution >= 0.6 is 0 Å². The maximum Gasteiger partial charge on any atom is 0.0330 e. The molecule has 0 bridgehead atoms. The third kappa shape index (κ3) is 4.59. The van der Waals surface area contributed by atoms with Crippen LogP contribution in [0.1, 0.15) is 53.4 Å². The highest BCUT2D eigenvalue weighted by molar-refractivity contribution is 4.94. The first-order valence-corrected chi connectivity index (χ1v) is 7.13. The van der Waals surface area contributed by atoms with Crippen molar-refractivity contribution >= 4 is 0 Å².